The molecule has 1 amide bonds. The molecule has 0 aromatic heterocycles. The van der Waals surface area contributed by atoms with Crippen LogP contribution in [-0.2, 0) is 4.79 Å². The summed E-state index contributed by atoms with van der Waals surface area (Å²) in [5.74, 6) is 0.384. The minimum Gasteiger partial charge on any atom is -0.370 e. The van der Waals surface area contributed by atoms with Crippen molar-refractivity contribution >= 4 is 11.6 Å². The van der Waals surface area contributed by atoms with E-state index in [0.717, 1.165) is 19.5 Å². The molecule has 0 spiro atoms. The van der Waals surface area contributed by atoms with E-state index < -0.39 is 6.04 Å². The van der Waals surface area contributed by atoms with Gasteiger partial charge in [-0.25, -0.2) is 0 Å². The van der Waals surface area contributed by atoms with Crippen LogP contribution in [0.2, 0.25) is 0 Å². The van der Waals surface area contributed by atoms with Crippen LogP contribution in [0.5, 0.6) is 0 Å². The number of likely N-dealkylation sites (N-methyl/N-ethyl adjacent to an activating group) is 1. The highest BCUT2D eigenvalue weighted by molar-refractivity contribution is 5.81. The van der Waals surface area contributed by atoms with E-state index in [1.54, 1.807) is 0 Å². The molecule has 1 rings (SSSR count). The van der Waals surface area contributed by atoms with Crippen molar-refractivity contribution in [1.82, 2.24) is 5.32 Å². The molecule has 3 N–H and O–H groups in total. The number of benzene rings is 1. The van der Waals surface area contributed by atoms with Crippen LogP contribution in [-0.4, -0.2) is 31.6 Å². The van der Waals surface area contributed by atoms with Crippen molar-refractivity contribution in [2.75, 3.05) is 24.5 Å². The van der Waals surface area contributed by atoms with Crippen molar-refractivity contribution in [1.29, 1.82) is 0 Å². The van der Waals surface area contributed by atoms with Gasteiger partial charge in [-0.3, -0.25) is 4.79 Å². The maximum Gasteiger partial charge on any atom is 0.236 e. The molecule has 0 saturated heterocycles. The van der Waals surface area contributed by atoms with E-state index in [9.17, 15) is 4.79 Å². The molecule has 0 saturated carbocycles. The highest BCUT2D eigenvalue weighted by Crippen LogP contribution is 2.18. The number of aryl methyl sites for hydroxylation is 1. The lowest BCUT2D eigenvalue weighted by molar-refractivity contribution is -0.122. The first-order valence-corrected chi connectivity index (χ1v) is 7.79. The van der Waals surface area contributed by atoms with Gasteiger partial charge in [0.1, 0.15) is 0 Å². The van der Waals surface area contributed by atoms with Gasteiger partial charge >= 0.3 is 0 Å². The number of nitrogens with two attached hydrogens (primary N) is 1. The predicted octanol–water partition coefficient (Wildman–Crippen LogP) is 2.31. The van der Waals surface area contributed by atoms with Gasteiger partial charge in [0, 0.05) is 25.3 Å². The van der Waals surface area contributed by atoms with Crippen molar-refractivity contribution < 1.29 is 4.79 Å². The summed E-state index contributed by atoms with van der Waals surface area (Å²) in [5, 5.41) is 2.94. The smallest absolute Gasteiger partial charge is 0.236 e. The largest absolute Gasteiger partial charge is 0.370 e. The highest BCUT2D eigenvalue weighted by Gasteiger charge is 2.14. The summed E-state index contributed by atoms with van der Waals surface area (Å²) in [5.41, 5.74) is 8.35. The minimum absolute atomic E-state index is 0.0514. The molecule has 1 aromatic carbocycles. The third-order valence-corrected chi connectivity index (χ3v) is 3.58. The van der Waals surface area contributed by atoms with Gasteiger partial charge in [-0.15, -0.1) is 0 Å². The molecule has 118 valence electrons. The molecule has 0 aliphatic rings. The van der Waals surface area contributed by atoms with Gasteiger partial charge in [0.2, 0.25) is 5.91 Å². The molecule has 0 heterocycles. The molecule has 4 nitrogen and oxygen atoms in total. The van der Waals surface area contributed by atoms with Crippen LogP contribution in [0.25, 0.3) is 0 Å². The van der Waals surface area contributed by atoms with Gasteiger partial charge in [-0.2, -0.15) is 0 Å². The molecule has 1 aromatic rings. The van der Waals surface area contributed by atoms with E-state index in [-0.39, 0.29) is 5.91 Å². The van der Waals surface area contributed by atoms with Crippen molar-refractivity contribution in [3.63, 3.8) is 0 Å². The Hall–Kier alpha value is -1.55. The van der Waals surface area contributed by atoms with Gasteiger partial charge in [0.05, 0.1) is 6.04 Å². The Balaban J connectivity index is 2.46. The van der Waals surface area contributed by atoms with E-state index in [1.165, 1.54) is 11.3 Å². The first-order valence-electron chi connectivity index (χ1n) is 7.79. The van der Waals surface area contributed by atoms with Crippen LogP contribution in [0.4, 0.5) is 5.69 Å². The first-order chi connectivity index (χ1) is 9.95. The zero-order chi connectivity index (χ0) is 15.8. The molecule has 0 bridgehead atoms. The number of nitrogens with zero attached hydrogens (tertiary/aromatic N) is 1. The standard InChI is InChI=1S/C17H29N3O/c1-5-20(16-9-7-6-8-14(16)4)11-10-19-17(21)15(18)12-13(2)3/h6-9,13,15H,5,10-12,18H2,1-4H3,(H,19,21)/t15-/m0/s1. The van der Waals surface area contributed by atoms with E-state index in [0.29, 0.717) is 12.5 Å². The number of carbonyl (C=O) groups excluding carboxylic acids is 1. The number of para-hydroxylation sites is 1. The van der Waals surface area contributed by atoms with Crippen LogP contribution in [0.1, 0.15) is 32.8 Å². The van der Waals surface area contributed by atoms with E-state index >= 15 is 0 Å². The zero-order valence-electron chi connectivity index (χ0n) is 13.7. The Bertz CT molecular complexity index is 445. The number of nitrogens with one attached hydrogen (secondary N) is 1. The first kappa shape index (κ1) is 17.5. The van der Waals surface area contributed by atoms with E-state index in [2.05, 4.69) is 50.0 Å². The predicted molar refractivity (Wildman–Crippen MR) is 89.5 cm³/mol. The number of carbonyl (C=O) groups is 1. The van der Waals surface area contributed by atoms with Gasteiger partial charge in [0.15, 0.2) is 0 Å². The molecule has 0 radical (unpaired) electrons. The van der Waals surface area contributed by atoms with Crippen LogP contribution in [0, 0.1) is 12.8 Å². The fourth-order valence-corrected chi connectivity index (χ4v) is 2.43. The average molecular weight is 291 g/mol. The number of rotatable bonds is 8. The molecular weight excluding hydrogens is 262 g/mol. The normalized spacial score (nSPS) is 12.3. The maximum atomic E-state index is 11.9. The van der Waals surface area contributed by atoms with Gasteiger partial charge < -0.3 is 16.0 Å². The summed E-state index contributed by atoms with van der Waals surface area (Å²) in [6.07, 6.45) is 0.723. The second kappa shape index (κ2) is 8.67. The Morgan fingerprint density at radius 3 is 2.57 bits per heavy atom. The zero-order valence-corrected chi connectivity index (χ0v) is 13.7. The third-order valence-electron chi connectivity index (χ3n) is 3.58. The fraction of sp³-hybridized carbons (Fsp3) is 0.588. The van der Waals surface area contributed by atoms with Crippen molar-refractivity contribution in [2.45, 2.75) is 40.2 Å². The fourth-order valence-electron chi connectivity index (χ4n) is 2.43. The highest BCUT2D eigenvalue weighted by atomic mass is 16.2. The Labute approximate surface area is 128 Å². The molecule has 21 heavy (non-hydrogen) atoms. The summed E-state index contributed by atoms with van der Waals surface area (Å²) in [6, 6.07) is 7.90. The lowest BCUT2D eigenvalue weighted by Crippen LogP contribution is -2.44. The maximum absolute atomic E-state index is 11.9. The van der Waals surface area contributed by atoms with E-state index in [4.69, 9.17) is 5.73 Å². The van der Waals surface area contributed by atoms with Crippen molar-refractivity contribution in [3.05, 3.63) is 29.8 Å². The summed E-state index contributed by atoms with van der Waals surface area (Å²) in [7, 11) is 0. The summed E-state index contributed by atoms with van der Waals surface area (Å²) in [6.45, 7) is 10.7. The number of hydrogen-bond donors (Lipinski definition) is 2. The Morgan fingerprint density at radius 2 is 2.00 bits per heavy atom. The molecule has 0 aliphatic heterocycles. The minimum atomic E-state index is -0.404. The molecular formula is C17H29N3O. The average Bonchev–Trinajstić information content (AvgIpc) is 2.43. The van der Waals surface area contributed by atoms with Gasteiger partial charge in [-0.05, 0) is 37.8 Å². The lowest BCUT2D eigenvalue weighted by atomic mass is 10.0. The van der Waals surface area contributed by atoms with E-state index in [1.807, 2.05) is 12.1 Å². The van der Waals surface area contributed by atoms with Crippen molar-refractivity contribution in [2.24, 2.45) is 11.7 Å². The molecule has 0 aliphatic carbocycles. The van der Waals surface area contributed by atoms with Crippen LogP contribution >= 0.6 is 0 Å². The number of amides is 1. The molecule has 1 atom stereocenters. The second-order valence-corrected chi connectivity index (χ2v) is 5.89. The topological polar surface area (TPSA) is 58.4 Å². The van der Waals surface area contributed by atoms with Gasteiger partial charge in [0.25, 0.3) is 0 Å². The van der Waals surface area contributed by atoms with Crippen molar-refractivity contribution in [3.8, 4) is 0 Å². The van der Waals surface area contributed by atoms with Gasteiger partial charge in [-0.1, -0.05) is 32.0 Å². The monoisotopic (exact) mass is 291 g/mol. The Kier molecular flexibility index (Phi) is 7.23. The molecule has 0 fully saturated rings. The summed E-state index contributed by atoms with van der Waals surface area (Å²) >= 11 is 0. The molecule has 4 heteroatoms. The summed E-state index contributed by atoms with van der Waals surface area (Å²) in [4.78, 5) is 14.2. The van der Waals surface area contributed by atoms with Crippen LogP contribution in [0.3, 0.4) is 0 Å². The molecule has 0 unspecified atom stereocenters. The SMILES string of the molecule is CCN(CCNC(=O)[C@@H](N)CC(C)C)c1ccccc1C. The Morgan fingerprint density at radius 1 is 1.33 bits per heavy atom. The van der Waals surface area contributed by atoms with Crippen LogP contribution in [0.15, 0.2) is 24.3 Å². The second-order valence-electron chi connectivity index (χ2n) is 5.89. The quantitative estimate of drug-likeness (QED) is 0.773. The lowest BCUT2D eigenvalue weighted by Gasteiger charge is -2.25. The van der Waals surface area contributed by atoms with Crippen LogP contribution < -0.4 is 16.0 Å². The third kappa shape index (κ3) is 5.76. The number of anilines is 1. The summed E-state index contributed by atoms with van der Waals surface area (Å²) < 4.78 is 0. The number of hydrogen-bond acceptors (Lipinski definition) is 3.